The molecule has 1 aliphatic carbocycles. The zero-order valence-electron chi connectivity index (χ0n) is 9.45. The van der Waals surface area contributed by atoms with Gasteiger partial charge in [0.2, 0.25) is 0 Å². The summed E-state index contributed by atoms with van der Waals surface area (Å²) in [5, 5.41) is 8.79. The molecular formula is C13H15NO2. The lowest BCUT2D eigenvalue weighted by Gasteiger charge is -2.26. The van der Waals surface area contributed by atoms with Crippen molar-refractivity contribution in [3.8, 4) is 0 Å². The van der Waals surface area contributed by atoms with Crippen LogP contribution in [-0.2, 0) is 11.2 Å². The molecule has 0 saturated carbocycles. The highest BCUT2D eigenvalue weighted by Gasteiger charge is 2.28. The molecule has 84 valence electrons. The maximum Gasteiger partial charge on any atom is 0.254 e. The SMILES string of the molecule is CC1=C(C)C(C(=O)NO)c2ccccc2C1. The molecule has 0 spiro atoms. The van der Waals surface area contributed by atoms with Gasteiger partial charge in [0.15, 0.2) is 0 Å². The van der Waals surface area contributed by atoms with Crippen LogP contribution in [0.1, 0.15) is 30.9 Å². The maximum atomic E-state index is 11.7. The van der Waals surface area contributed by atoms with E-state index in [0.717, 1.165) is 17.6 Å². The summed E-state index contributed by atoms with van der Waals surface area (Å²) in [6, 6.07) is 7.87. The Hall–Kier alpha value is -1.61. The molecule has 3 heteroatoms. The summed E-state index contributed by atoms with van der Waals surface area (Å²) in [6.07, 6.45) is 0.886. The third kappa shape index (κ3) is 1.63. The molecule has 2 N–H and O–H groups in total. The van der Waals surface area contributed by atoms with Crippen LogP contribution in [-0.4, -0.2) is 11.1 Å². The first-order valence-electron chi connectivity index (χ1n) is 5.33. The summed E-state index contributed by atoms with van der Waals surface area (Å²) in [6.45, 7) is 3.98. The molecule has 0 aliphatic heterocycles. The fourth-order valence-corrected chi connectivity index (χ4v) is 2.28. The number of hydrogen-bond donors (Lipinski definition) is 2. The standard InChI is InChI=1S/C13H15NO2/c1-8-7-10-5-3-4-6-11(10)12(9(8)2)13(15)14-16/h3-6,12,16H,7H2,1-2H3,(H,14,15). The van der Waals surface area contributed by atoms with Crippen molar-refractivity contribution < 1.29 is 10.0 Å². The van der Waals surface area contributed by atoms with Crippen LogP contribution in [0.2, 0.25) is 0 Å². The van der Waals surface area contributed by atoms with Crippen LogP contribution in [0.5, 0.6) is 0 Å². The van der Waals surface area contributed by atoms with E-state index in [1.807, 2.05) is 38.1 Å². The highest BCUT2D eigenvalue weighted by Crippen LogP contribution is 2.35. The molecule has 0 aromatic heterocycles. The number of carbonyl (C=O) groups excluding carboxylic acids is 1. The Morgan fingerprint density at radius 3 is 2.75 bits per heavy atom. The van der Waals surface area contributed by atoms with Gasteiger partial charge in [-0.25, -0.2) is 5.48 Å². The molecule has 1 aromatic rings. The largest absolute Gasteiger partial charge is 0.289 e. The fraction of sp³-hybridized carbons (Fsp3) is 0.308. The van der Waals surface area contributed by atoms with Gasteiger partial charge < -0.3 is 0 Å². The lowest BCUT2D eigenvalue weighted by molar-refractivity contribution is -0.130. The summed E-state index contributed by atoms with van der Waals surface area (Å²) in [4.78, 5) is 11.7. The second-order valence-corrected chi connectivity index (χ2v) is 4.25. The number of benzene rings is 1. The molecule has 0 fully saturated rings. The summed E-state index contributed by atoms with van der Waals surface area (Å²) in [5.74, 6) is -0.709. The third-order valence-electron chi connectivity index (χ3n) is 3.30. The predicted octanol–water partition coefficient (Wildman–Crippen LogP) is 2.17. The number of amides is 1. The number of rotatable bonds is 1. The average molecular weight is 217 g/mol. The van der Waals surface area contributed by atoms with Gasteiger partial charge >= 0.3 is 0 Å². The van der Waals surface area contributed by atoms with E-state index in [2.05, 4.69) is 0 Å². The van der Waals surface area contributed by atoms with Crippen LogP contribution in [0.25, 0.3) is 0 Å². The number of hydrogen-bond acceptors (Lipinski definition) is 2. The third-order valence-corrected chi connectivity index (χ3v) is 3.30. The smallest absolute Gasteiger partial charge is 0.254 e. The molecule has 0 bridgehead atoms. The second kappa shape index (κ2) is 4.10. The average Bonchev–Trinajstić information content (AvgIpc) is 2.30. The zero-order valence-corrected chi connectivity index (χ0v) is 9.45. The van der Waals surface area contributed by atoms with Crippen molar-refractivity contribution in [2.75, 3.05) is 0 Å². The summed E-state index contributed by atoms with van der Waals surface area (Å²) in [5.41, 5.74) is 6.15. The Kier molecular flexibility index (Phi) is 2.79. The van der Waals surface area contributed by atoms with E-state index in [-0.39, 0.29) is 11.8 Å². The summed E-state index contributed by atoms with van der Waals surface area (Å²) >= 11 is 0. The summed E-state index contributed by atoms with van der Waals surface area (Å²) in [7, 11) is 0. The van der Waals surface area contributed by atoms with Crippen LogP contribution in [0, 0.1) is 0 Å². The fourth-order valence-electron chi connectivity index (χ4n) is 2.28. The molecule has 16 heavy (non-hydrogen) atoms. The van der Waals surface area contributed by atoms with Crippen LogP contribution in [0.4, 0.5) is 0 Å². The molecule has 0 saturated heterocycles. The van der Waals surface area contributed by atoms with E-state index in [1.165, 1.54) is 11.1 Å². The molecule has 3 nitrogen and oxygen atoms in total. The van der Waals surface area contributed by atoms with Crippen molar-refractivity contribution in [3.63, 3.8) is 0 Å². The Morgan fingerprint density at radius 1 is 1.38 bits per heavy atom. The second-order valence-electron chi connectivity index (χ2n) is 4.25. The highest BCUT2D eigenvalue weighted by molar-refractivity contribution is 5.87. The molecule has 1 unspecified atom stereocenters. The van der Waals surface area contributed by atoms with Crippen molar-refractivity contribution in [2.24, 2.45) is 0 Å². The predicted molar refractivity (Wildman–Crippen MR) is 61.2 cm³/mol. The van der Waals surface area contributed by atoms with Gasteiger partial charge in [0.05, 0.1) is 5.92 Å². The first-order valence-corrected chi connectivity index (χ1v) is 5.33. The minimum atomic E-state index is -0.357. The van der Waals surface area contributed by atoms with Gasteiger partial charge in [-0.05, 0) is 31.4 Å². The van der Waals surface area contributed by atoms with Gasteiger partial charge in [-0.2, -0.15) is 0 Å². The van der Waals surface area contributed by atoms with E-state index in [4.69, 9.17) is 5.21 Å². The highest BCUT2D eigenvalue weighted by atomic mass is 16.5. The van der Waals surface area contributed by atoms with Crippen molar-refractivity contribution in [1.82, 2.24) is 5.48 Å². The van der Waals surface area contributed by atoms with Crippen molar-refractivity contribution >= 4 is 5.91 Å². The topological polar surface area (TPSA) is 49.3 Å². The Labute approximate surface area is 94.8 Å². The van der Waals surface area contributed by atoms with Crippen LogP contribution in [0.15, 0.2) is 35.4 Å². The number of fused-ring (bicyclic) bond motifs is 1. The number of nitrogens with one attached hydrogen (secondary N) is 1. The van der Waals surface area contributed by atoms with Crippen molar-refractivity contribution in [2.45, 2.75) is 26.2 Å². The number of carbonyl (C=O) groups is 1. The van der Waals surface area contributed by atoms with Gasteiger partial charge in [-0.3, -0.25) is 10.0 Å². The first-order chi connectivity index (χ1) is 7.65. The van der Waals surface area contributed by atoms with E-state index in [1.54, 1.807) is 5.48 Å². The first kappa shape index (κ1) is 10.9. The number of hydroxylamine groups is 1. The Morgan fingerprint density at radius 2 is 2.06 bits per heavy atom. The van der Waals surface area contributed by atoms with Gasteiger partial charge in [0.1, 0.15) is 0 Å². The van der Waals surface area contributed by atoms with Gasteiger partial charge in [0.25, 0.3) is 5.91 Å². The molecule has 1 atom stereocenters. The normalized spacial score (nSPS) is 19.3. The molecule has 0 heterocycles. The Balaban J connectivity index is 2.54. The summed E-state index contributed by atoms with van der Waals surface area (Å²) < 4.78 is 0. The van der Waals surface area contributed by atoms with Gasteiger partial charge in [0, 0.05) is 0 Å². The molecule has 2 rings (SSSR count). The maximum absolute atomic E-state index is 11.7. The van der Waals surface area contributed by atoms with Crippen molar-refractivity contribution in [1.29, 1.82) is 0 Å². The molecule has 0 radical (unpaired) electrons. The van der Waals surface area contributed by atoms with Crippen LogP contribution >= 0.6 is 0 Å². The Bertz CT molecular complexity index is 463. The molecule has 1 aromatic carbocycles. The van der Waals surface area contributed by atoms with E-state index in [0.29, 0.717) is 0 Å². The minimum absolute atomic E-state index is 0.352. The quantitative estimate of drug-likeness (QED) is 0.430. The van der Waals surface area contributed by atoms with Crippen LogP contribution < -0.4 is 5.48 Å². The lowest BCUT2D eigenvalue weighted by atomic mass is 9.79. The zero-order chi connectivity index (χ0) is 11.7. The lowest BCUT2D eigenvalue weighted by Crippen LogP contribution is -2.30. The monoisotopic (exact) mass is 217 g/mol. The van der Waals surface area contributed by atoms with E-state index < -0.39 is 0 Å². The van der Waals surface area contributed by atoms with E-state index >= 15 is 0 Å². The molecule has 1 amide bonds. The van der Waals surface area contributed by atoms with Crippen molar-refractivity contribution in [3.05, 3.63) is 46.5 Å². The molecular weight excluding hydrogens is 202 g/mol. The van der Waals surface area contributed by atoms with Crippen LogP contribution in [0.3, 0.4) is 0 Å². The minimum Gasteiger partial charge on any atom is -0.289 e. The molecule has 1 aliphatic rings. The van der Waals surface area contributed by atoms with Gasteiger partial charge in [-0.1, -0.05) is 35.4 Å². The van der Waals surface area contributed by atoms with E-state index in [9.17, 15) is 4.79 Å². The van der Waals surface area contributed by atoms with Gasteiger partial charge in [-0.15, -0.1) is 0 Å². The number of allylic oxidation sites excluding steroid dienone is 1.